The molecule has 0 amide bonds. The Balaban J connectivity index is 2.09. The highest BCUT2D eigenvalue weighted by molar-refractivity contribution is 5.29. The molecule has 0 saturated carbocycles. The first-order chi connectivity index (χ1) is 10.2. The molecule has 0 saturated heterocycles. The number of rotatable bonds is 7. The van der Waals surface area contributed by atoms with Crippen LogP contribution in [0.3, 0.4) is 0 Å². The van der Waals surface area contributed by atoms with E-state index in [1.807, 2.05) is 48.5 Å². The van der Waals surface area contributed by atoms with Crippen molar-refractivity contribution in [3.05, 3.63) is 83.9 Å². The van der Waals surface area contributed by atoms with Gasteiger partial charge in [0.05, 0.1) is 12.7 Å². The second-order valence-electron chi connectivity index (χ2n) is 5.21. The lowest BCUT2D eigenvalue weighted by atomic mass is 9.88. The molecule has 0 fully saturated rings. The molecular weight excluding hydrogens is 260 g/mol. The lowest BCUT2D eigenvalue weighted by Crippen LogP contribution is -2.11. The Morgan fingerprint density at radius 2 is 1.52 bits per heavy atom. The molecule has 110 valence electrons. The quantitative estimate of drug-likeness (QED) is 0.775. The Kier molecular flexibility index (Phi) is 5.73. The standard InChI is InChI=1S/C19H22O2/c1-15(13-19(20)17-11-7-4-8-12-17)18(14-21-2)16-9-5-3-6-10-16/h3-12,18-20H,1,13-14H2,2H3/t18-,19-/m1/s1. The van der Waals surface area contributed by atoms with Gasteiger partial charge < -0.3 is 9.84 Å². The molecule has 0 bridgehead atoms. The number of benzene rings is 2. The smallest absolute Gasteiger partial charge is 0.0827 e. The molecule has 21 heavy (non-hydrogen) atoms. The van der Waals surface area contributed by atoms with Gasteiger partial charge in [0.15, 0.2) is 0 Å². The van der Waals surface area contributed by atoms with E-state index in [-0.39, 0.29) is 5.92 Å². The Bertz CT molecular complexity index is 548. The molecule has 0 unspecified atom stereocenters. The summed E-state index contributed by atoms with van der Waals surface area (Å²) in [6.45, 7) is 4.75. The van der Waals surface area contributed by atoms with Gasteiger partial charge in [-0.3, -0.25) is 0 Å². The maximum atomic E-state index is 10.4. The Morgan fingerprint density at radius 3 is 2.05 bits per heavy atom. The normalized spacial score (nSPS) is 13.6. The maximum Gasteiger partial charge on any atom is 0.0827 e. The van der Waals surface area contributed by atoms with Crippen molar-refractivity contribution in [2.75, 3.05) is 13.7 Å². The summed E-state index contributed by atoms with van der Waals surface area (Å²) in [5, 5.41) is 10.4. The lowest BCUT2D eigenvalue weighted by Gasteiger charge is -2.22. The van der Waals surface area contributed by atoms with Crippen molar-refractivity contribution in [1.82, 2.24) is 0 Å². The van der Waals surface area contributed by atoms with Crippen molar-refractivity contribution in [3.63, 3.8) is 0 Å². The number of hydrogen-bond donors (Lipinski definition) is 1. The van der Waals surface area contributed by atoms with E-state index in [9.17, 15) is 5.11 Å². The number of ether oxygens (including phenoxy) is 1. The van der Waals surface area contributed by atoms with E-state index in [1.54, 1.807) is 7.11 Å². The monoisotopic (exact) mass is 282 g/mol. The first-order valence-electron chi connectivity index (χ1n) is 7.17. The van der Waals surface area contributed by atoms with Crippen LogP contribution in [0.25, 0.3) is 0 Å². The number of methoxy groups -OCH3 is 1. The van der Waals surface area contributed by atoms with E-state index in [1.165, 1.54) is 5.56 Å². The van der Waals surface area contributed by atoms with E-state index in [0.717, 1.165) is 11.1 Å². The molecule has 0 aliphatic heterocycles. The topological polar surface area (TPSA) is 29.5 Å². The van der Waals surface area contributed by atoms with E-state index in [4.69, 9.17) is 4.74 Å². The summed E-state index contributed by atoms with van der Waals surface area (Å²) in [5.74, 6) is 0.106. The third-order valence-corrected chi connectivity index (χ3v) is 3.67. The number of hydrogen-bond acceptors (Lipinski definition) is 2. The molecule has 0 aliphatic carbocycles. The minimum Gasteiger partial charge on any atom is -0.388 e. The van der Waals surface area contributed by atoms with E-state index < -0.39 is 6.10 Å². The van der Waals surface area contributed by atoms with Crippen molar-refractivity contribution in [1.29, 1.82) is 0 Å². The summed E-state index contributed by atoms with van der Waals surface area (Å²) in [7, 11) is 1.69. The van der Waals surface area contributed by atoms with Gasteiger partial charge in [0, 0.05) is 13.0 Å². The van der Waals surface area contributed by atoms with Gasteiger partial charge in [-0.25, -0.2) is 0 Å². The fraction of sp³-hybridized carbons (Fsp3) is 0.263. The van der Waals surface area contributed by atoms with Crippen LogP contribution in [0.2, 0.25) is 0 Å². The zero-order valence-corrected chi connectivity index (χ0v) is 12.4. The zero-order chi connectivity index (χ0) is 15.1. The summed E-state index contributed by atoms with van der Waals surface area (Å²) in [5.41, 5.74) is 3.08. The summed E-state index contributed by atoms with van der Waals surface area (Å²) < 4.78 is 5.32. The van der Waals surface area contributed by atoms with Gasteiger partial charge in [0.2, 0.25) is 0 Å². The van der Waals surface area contributed by atoms with Crippen molar-refractivity contribution in [2.24, 2.45) is 0 Å². The van der Waals surface area contributed by atoms with Crippen LogP contribution in [-0.2, 0) is 4.74 Å². The molecule has 0 aromatic heterocycles. The van der Waals surface area contributed by atoms with Crippen LogP contribution in [0.4, 0.5) is 0 Å². The SMILES string of the molecule is C=C(C[C@@H](O)c1ccccc1)[C@@H](COC)c1ccccc1. The largest absolute Gasteiger partial charge is 0.388 e. The Labute approximate surface area is 126 Å². The van der Waals surface area contributed by atoms with Crippen LogP contribution in [-0.4, -0.2) is 18.8 Å². The summed E-state index contributed by atoms with van der Waals surface area (Å²) in [4.78, 5) is 0. The molecular formula is C19H22O2. The molecule has 0 heterocycles. The number of aliphatic hydroxyl groups excluding tert-OH is 1. The van der Waals surface area contributed by atoms with E-state index >= 15 is 0 Å². The maximum absolute atomic E-state index is 10.4. The van der Waals surface area contributed by atoms with Gasteiger partial charge in [0.25, 0.3) is 0 Å². The molecule has 2 aromatic rings. The van der Waals surface area contributed by atoms with Crippen LogP contribution in [0.1, 0.15) is 29.6 Å². The summed E-state index contributed by atoms with van der Waals surface area (Å²) in [6, 6.07) is 19.9. The summed E-state index contributed by atoms with van der Waals surface area (Å²) >= 11 is 0. The van der Waals surface area contributed by atoms with Gasteiger partial charge in [0.1, 0.15) is 0 Å². The molecule has 2 nitrogen and oxygen atoms in total. The predicted molar refractivity (Wildman–Crippen MR) is 86.2 cm³/mol. The predicted octanol–water partition coefficient (Wildman–Crippen LogP) is 4.10. The molecule has 2 aromatic carbocycles. The zero-order valence-electron chi connectivity index (χ0n) is 12.4. The fourth-order valence-corrected chi connectivity index (χ4v) is 2.49. The molecule has 0 radical (unpaired) electrons. The number of aliphatic hydroxyl groups is 1. The average molecular weight is 282 g/mol. The highest BCUT2D eigenvalue weighted by atomic mass is 16.5. The molecule has 0 aliphatic rings. The van der Waals surface area contributed by atoms with Crippen LogP contribution < -0.4 is 0 Å². The first-order valence-corrected chi connectivity index (χ1v) is 7.17. The Morgan fingerprint density at radius 1 is 1.00 bits per heavy atom. The van der Waals surface area contributed by atoms with Crippen LogP contribution in [0.5, 0.6) is 0 Å². The van der Waals surface area contributed by atoms with Crippen molar-refractivity contribution >= 4 is 0 Å². The molecule has 0 spiro atoms. The van der Waals surface area contributed by atoms with Crippen LogP contribution >= 0.6 is 0 Å². The highest BCUT2D eigenvalue weighted by Gasteiger charge is 2.18. The van der Waals surface area contributed by atoms with Gasteiger partial charge in [-0.15, -0.1) is 0 Å². The van der Waals surface area contributed by atoms with Crippen LogP contribution in [0, 0.1) is 0 Å². The second-order valence-corrected chi connectivity index (χ2v) is 5.21. The first kappa shape index (κ1) is 15.5. The second kappa shape index (κ2) is 7.77. The van der Waals surface area contributed by atoms with Crippen molar-refractivity contribution in [3.8, 4) is 0 Å². The van der Waals surface area contributed by atoms with Gasteiger partial charge in [-0.1, -0.05) is 72.8 Å². The molecule has 2 atom stereocenters. The molecule has 1 N–H and O–H groups in total. The van der Waals surface area contributed by atoms with Gasteiger partial charge in [-0.2, -0.15) is 0 Å². The van der Waals surface area contributed by atoms with Gasteiger partial charge in [-0.05, 0) is 17.5 Å². The minimum absolute atomic E-state index is 0.106. The average Bonchev–Trinajstić information content (AvgIpc) is 2.54. The van der Waals surface area contributed by atoms with Crippen molar-refractivity contribution < 1.29 is 9.84 Å². The van der Waals surface area contributed by atoms with Crippen molar-refractivity contribution in [2.45, 2.75) is 18.4 Å². The lowest BCUT2D eigenvalue weighted by molar-refractivity contribution is 0.163. The minimum atomic E-state index is -0.526. The molecule has 2 rings (SSSR count). The van der Waals surface area contributed by atoms with Gasteiger partial charge >= 0.3 is 0 Å². The van der Waals surface area contributed by atoms with E-state index in [0.29, 0.717) is 13.0 Å². The summed E-state index contributed by atoms with van der Waals surface area (Å²) in [6.07, 6.45) is 0.00852. The third-order valence-electron chi connectivity index (χ3n) is 3.67. The van der Waals surface area contributed by atoms with Crippen LogP contribution in [0.15, 0.2) is 72.8 Å². The fourth-order valence-electron chi connectivity index (χ4n) is 2.49. The third kappa shape index (κ3) is 4.28. The Hall–Kier alpha value is -1.90. The molecule has 2 heteroatoms. The van der Waals surface area contributed by atoms with E-state index in [2.05, 4.69) is 18.7 Å². The highest BCUT2D eigenvalue weighted by Crippen LogP contribution is 2.30.